The minimum atomic E-state index is -4.47. The fourth-order valence-electron chi connectivity index (χ4n) is 4.39. The number of nitro benzene ring substituents is 1. The minimum Gasteiger partial charge on any atom is -0.366 e. The molecule has 40 heavy (non-hydrogen) atoms. The van der Waals surface area contributed by atoms with Gasteiger partial charge in [-0.15, -0.1) is 0 Å². The van der Waals surface area contributed by atoms with Crippen molar-refractivity contribution in [1.29, 1.82) is 0 Å². The number of carbonyl (C=O) groups is 1. The van der Waals surface area contributed by atoms with Crippen molar-refractivity contribution in [3.8, 4) is 11.1 Å². The summed E-state index contributed by atoms with van der Waals surface area (Å²) in [7, 11) is 0. The van der Waals surface area contributed by atoms with Gasteiger partial charge in [0.1, 0.15) is 5.69 Å². The summed E-state index contributed by atoms with van der Waals surface area (Å²) >= 11 is 0. The van der Waals surface area contributed by atoms with Crippen LogP contribution in [0.5, 0.6) is 0 Å². The highest BCUT2D eigenvalue weighted by Crippen LogP contribution is 2.34. The lowest BCUT2D eigenvalue weighted by molar-refractivity contribution is -0.384. The highest BCUT2D eigenvalue weighted by Gasteiger charge is 2.30. The van der Waals surface area contributed by atoms with Crippen molar-refractivity contribution in [2.24, 2.45) is 0 Å². The molecule has 7 nitrogen and oxygen atoms in total. The molecule has 0 atom stereocenters. The molecule has 4 aromatic rings. The Morgan fingerprint density at radius 3 is 2.40 bits per heavy atom. The van der Waals surface area contributed by atoms with E-state index in [0.29, 0.717) is 36.3 Å². The van der Waals surface area contributed by atoms with Gasteiger partial charge in [-0.1, -0.05) is 35.9 Å². The topological polar surface area (TPSA) is 88.4 Å². The molecule has 1 heterocycles. The van der Waals surface area contributed by atoms with Crippen LogP contribution in [-0.2, 0) is 12.6 Å². The third-order valence-corrected chi connectivity index (χ3v) is 6.46. The number of nitro groups is 1. The average Bonchev–Trinajstić information content (AvgIpc) is 2.94. The molecule has 0 aliphatic rings. The van der Waals surface area contributed by atoms with E-state index in [1.54, 1.807) is 36.5 Å². The minimum absolute atomic E-state index is 0.160. The summed E-state index contributed by atoms with van der Waals surface area (Å²) in [6.07, 6.45) is -2.18. The highest BCUT2D eigenvalue weighted by molar-refractivity contribution is 6.09. The lowest BCUT2D eigenvalue weighted by Gasteiger charge is -2.23. The van der Waals surface area contributed by atoms with E-state index < -0.39 is 22.6 Å². The van der Waals surface area contributed by atoms with Crippen LogP contribution in [0.3, 0.4) is 0 Å². The van der Waals surface area contributed by atoms with E-state index in [4.69, 9.17) is 0 Å². The van der Waals surface area contributed by atoms with E-state index in [9.17, 15) is 28.1 Å². The van der Waals surface area contributed by atoms with Gasteiger partial charge in [0.2, 0.25) is 0 Å². The van der Waals surface area contributed by atoms with Crippen LogP contribution >= 0.6 is 0 Å². The van der Waals surface area contributed by atoms with E-state index >= 15 is 0 Å². The van der Waals surface area contributed by atoms with E-state index in [1.165, 1.54) is 18.2 Å². The number of hydrogen-bond acceptors (Lipinski definition) is 5. The van der Waals surface area contributed by atoms with Gasteiger partial charge in [-0.2, -0.15) is 13.2 Å². The second-order valence-corrected chi connectivity index (χ2v) is 9.19. The molecule has 1 aromatic heterocycles. The van der Waals surface area contributed by atoms with Crippen LogP contribution in [-0.4, -0.2) is 28.9 Å². The Morgan fingerprint density at radius 1 is 1.02 bits per heavy atom. The summed E-state index contributed by atoms with van der Waals surface area (Å²) in [5.74, 6) is -0.542. The fraction of sp³-hybridized carbons (Fsp3) is 0.200. The number of aryl methyl sites for hydroxylation is 1. The molecule has 3 aromatic carbocycles. The first-order valence-electron chi connectivity index (χ1n) is 12.6. The van der Waals surface area contributed by atoms with Gasteiger partial charge in [0, 0.05) is 48.7 Å². The van der Waals surface area contributed by atoms with Gasteiger partial charge in [0.15, 0.2) is 0 Å². The zero-order chi connectivity index (χ0) is 28.9. The molecule has 4 rings (SSSR count). The van der Waals surface area contributed by atoms with Crippen molar-refractivity contribution in [3.05, 3.63) is 118 Å². The van der Waals surface area contributed by atoms with Crippen molar-refractivity contribution in [2.45, 2.75) is 26.4 Å². The molecular formula is C30H27F3N4O3. The Kier molecular flexibility index (Phi) is 8.47. The van der Waals surface area contributed by atoms with Gasteiger partial charge in [-0.25, -0.2) is 0 Å². The first-order chi connectivity index (χ1) is 19.1. The molecule has 0 saturated heterocycles. The maximum absolute atomic E-state index is 13.3. The summed E-state index contributed by atoms with van der Waals surface area (Å²) in [4.78, 5) is 30.9. The molecular weight excluding hydrogens is 521 g/mol. The van der Waals surface area contributed by atoms with Crippen molar-refractivity contribution < 1.29 is 22.9 Å². The number of amides is 1. The van der Waals surface area contributed by atoms with Crippen LogP contribution in [0.1, 0.15) is 34.1 Å². The highest BCUT2D eigenvalue weighted by atomic mass is 19.4. The quantitative estimate of drug-likeness (QED) is 0.175. The number of nitrogens with zero attached hydrogens (tertiary/aromatic N) is 3. The molecule has 0 fully saturated rings. The van der Waals surface area contributed by atoms with Gasteiger partial charge < -0.3 is 10.2 Å². The lowest BCUT2D eigenvalue weighted by atomic mass is 9.96. The molecule has 0 spiro atoms. The van der Waals surface area contributed by atoms with E-state index in [-0.39, 0.29) is 16.9 Å². The zero-order valence-electron chi connectivity index (χ0n) is 21.9. The maximum atomic E-state index is 13.3. The zero-order valence-corrected chi connectivity index (χ0v) is 21.9. The van der Waals surface area contributed by atoms with Crippen molar-refractivity contribution in [2.75, 3.05) is 23.3 Å². The molecule has 1 amide bonds. The van der Waals surface area contributed by atoms with Crippen LogP contribution in [0, 0.1) is 17.0 Å². The largest absolute Gasteiger partial charge is 0.416 e. The molecule has 206 valence electrons. The predicted molar refractivity (Wildman–Crippen MR) is 148 cm³/mol. The lowest BCUT2D eigenvalue weighted by Crippen LogP contribution is -2.26. The number of rotatable bonds is 9. The van der Waals surface area contributed by atoms with Gasteiger partial charge in [-0.05, 0) is 67.4 Å². The molecule has 0 aliphatic carbocycles. The summed E-state index contributed by atoms with van der Waals surface area (Å²) in [5.41, 5.74) is 2.49. The summed E-state index contributed by atoms with van der Waals surface area (Å²) in [5, 5.41) is 14.7. The van der Waals surface area contributed by atoms with E-state index in [0.717, 1.165) is 23.4 Å². The summed E-state index contributed by atoms with van der Waals surface area (Å²) in [6, 6.07) is 19.7. The van der Waals surface area contributed by atoms with Gasteiger partial charge in [0.25, 0.3) is 11.6 Å². The first kappa shape index (κ1) is 28.3. The Labute approximate surface area is 229 Å². The van der Waals surface area contributed by atoms with E-state index in [1.807, 2.05) is 36.9 Å². The molecule has 0 unspecified atom stereocenters. The molecule has 0 saturated carbocycles. The molecule has 10 heteroatoms. The fourth-order valence-corrected chi connectivity index (χ4v) is 4.39. The number of aromatic nitrogens is 1. The smallest absolute Gasteiger partial charge is 0.366 e. The third kappa shape index (κ3) is 6.63. The number of anilines is 2. The molecule has 0 aliphatic heterocycles. The van der Waals surface area contributed by atoms with Gasteiger partial charge >= 0.3 is 6.18 Å². The second kappa shape index (κ2) is 12.0. The molecule has 0 bridgehead atoms. The first-order valence-corrected chi connectivity index (χ1v) is 12.6. The van der Waals surface area contributed by atoms with Crippen molar-refractivity contribution in [1.82, 2.24) is 4.98 Å². The number of pyridine rings is 1. The Morgan fingerprint density at radius 2 is 1.77 bits per heavy atom. The van der Waals surface area contributed by atoms with Crippen LogP contribution in [0.4, 0.5) is 30.2 Å². The number of benzene rings is 3. The van der Waals surface area contributed by atoms with Gasteiger partial charge in [0.05, 0.1) is 10.5 Å². The molecule has 1 N–H and O–H groups in total. The van der Waals surface area contributed by atoms with E-state index in [2.05, 4.69) is 10.3 Å². The number of alkyl halides is 3. The Bertz CT molecular complexity index is 1510. The number of nitrogens with one attached hydrogen (secondary N) is 1. The van der Waals surface area contributed by atoms with Crippen molar-refractivity contribution >= 4 is 23.0 Å². The Hall–Kier alpha value is -4.73. The van der Waals surface area contributed by atoms with Gasteiger partial charge in [-0.3, -0.25) is 19.9 Å². The predicted octanol–water partition coefficient (Wildman–Crippen LogP) is 7.31. The second-order valence-electron chi connectivity index (χ2n) is 9.19. The van der Waals surface area contributed by atoms with Crippen LogP contribution in [0.15, 0.2) is 85.1 Å². The normalized spacial score (nSPS) is 11.2. The number of hydrogen-bond donors (Lipinski definition) is 1. The van der Waals surface area contributed by atoms with Crippen molar-refractivity contribution in [3.63, 3.8) is 0 Å². The SMILES string of the molecule is CCN(CCc1ccccn1)c1ccc(NC(=O)c2ccc(C)cc2-c2ccc(C(F)(F)F)cc2)cc1[N+](=O)[O-]. The van der Waals surface area contributed by atoms with Crippen LogP contribution in [0.2, 0.25) is 0 Å². The van der Waals surface area contributed by atoms with Crippen LogP contribution in [0.25, 0.3) is 11.1 Å². The number of halogens is 3. The third-order valence-electron chi connectivity index (χ3n) is 6.46. The number of carbonyl (C=O) groups excluding carboxylic acids is 1. The average molecular weight is 549 g/mol. The molecule has 0 radical (unpaired) electrons. The monoisotopic (exact) mass is 548 g/mol. The summed E-state index contributed by atoms with van der Waals surface area (Å²) in [6.45, 7) is 4.75. The Balaban J connectivity index is 1.59. The maximum Gasteiger partial charge on any atom is 0.416 e. The number of likely N-dealkylation sites (N-methyl/N-ethyl adjacent to an activating group) is 1. The standard InChI is InChI=1S/C30H27F3N4O3/c1-3-36(17-15-23-6-4-5-16-34-23)27-14-12-24(19-28(27)37(39)40)35-29(38)25-13-7-20(2)18-26(25)21-8-10-22(11-9-21)30(31,32)33/h4-14,16,18-19H,3,15,17H2,1-2H3,(H,35,38). The summed E-state index contributed by atoms with van der Waals surface area (Å²) < 4.78 is 39.1. The van der Waals surface area contributed by atoms with Crippen LogP contribution < -0.4 is 10.2 Å².